The largest absolute Gasteiger partial charge is 0.393 e. The number of aromatic nitrogens is 3. The van der Waals surface area contributed by atoms with E-state index in [0.717, 1.165) is 41.5 Å². The first-order valence-electron chi connectivity index (χ1n) is 11.1. The van der Waals surface area contributed by atoms with Crippen LogP contribution in [-0.2, 0) is 13.1 Å². The van der Waals surface area contributed by atoms with Gasteiger partial charge in [0.15, 0.2) is 5.65 Å². The summed E-state index contributed by atoms with van der Waals surface area (Å²) in [5.74, 6) is -0.171. The molecule has 0 spiro atoms. The van der Waals surface area contributed by atoms with Crippen LogP contribution in [0.15, 0.2) is 30.6 Å². The van der Waals surface area contributed by atoms with Gasteiger partial charge in [-0.1, -0.05) is 18.2 Å². The molecule has 2 atom stereocenters. The molecule has 1 aromatic carbocycles. The lowest BCUT2D eigenvalue weighted by Gasteiger charge is -2.28. The van der Waals surface area contributed by atoms with Crippen LogP contribution in [0.1, 0.15) is 59.7 Å². The van der Waals surface area contributed by atoms with E-state index in [-0.39, 0.29) is 18.1 Å². The maximum Gasteiger partial charge on any atom is 0.255 e. The average Bonchev–Trinajstić information content (AvgIpc) is 3.18. The van der Waals surface area contributed by atoms with Crippen LogP contribution in [-0.4, -0.2) is 37.9 Å². The minimum absolute atomic E-state index is 0.116. The molecule has 3 aromatic rings. The molecule has 0 aliphatic heterocycles. The smallest absolute Gasteiger partial charge is 0.255 e. The third kappa shape index (κ3) is 4.56. The zero-order valence-corrected chi connectivity index (χ0v) is 18.5. The number of anilines is 1. The lowest BCUT2D eigenvalue weighted by Crippen LogP contribution is -2.31. The van der Waals surface area contributed by atoms with Gasteiger partial charge in [0.25, 0.3) is 5.91 Å². The lowest BCUT2D eigenvalue weighted by atomic mass is 9.92. The Bertz CT molecular complexity index is 1090. The number of amides is 1. The summed E-state index contributed by atoms with van der Waals surface area (Å²) in [6, 6.07) is 6.33. The van der Waals surface area contributed by atoms with Crippen molar-refractivity contribution in [3.63, 3.8) is 0 Å². The molecule has 0 saturated heterocycles. The maximum atomic E-state index is 13.1. The highest BCUT2D eigenvalue weighted by molar-refractivity contribution is 6.06. The van der Waals surface area contributed by atoms with Gasteiger partial charge in [0.2, 0.25) is 0 Å². The lowest BCUT2D eigenvalue weighted by molar-refractivity contribution is 0.0951. The van der Waals surface area contributed by atoms with Crippen molar-refractivity contribution < 1.29 is 9.90 Å². The maximum absolute atomic E-state index is 13.1. The molecule has 1 saturated carbocycles. The van der Waals surface area contributed by atoms with Gasteiger partial charge in [0.05, 0.1) is 28.9 Å². The van der Waals surface area contributed by atoms with Crippen molar-refractivity contribution in [3.8, 4) is 0 Å². The summed E-state index contributed by atoms with van der Waals surface area (Å²) in [5, 5.41) is 21.9. The molecule has 2 aromatic heterocycles. The molecule has 4 rings (SSSR count). The number of pyridine rings is 1. The molecule has 1 aliphatic carbocycles. The van der Waals surface area contributed by atoms with Gasteiger partial charge < -0.3 is 15.7 Å². The van der Waals surface area contributed by atoms with Crippen LogP contribution in [0, 0.1) is 13.8 Å². The fourth-order valence-electron chi connectivity index (χ4n) is 4.28. The van der Waals surface area contributed by atoms with E-state index in [1.807, 2.05) is 17.7 Å². The summed E-state index contributed by atoms with van der Waals surface area (Å²) in [6.45, 7) is 7.33. The van der Waals surface area contributed by atoms with E-state index in [1.165, 1.54) is 11.1 Å². The van der Waals surface area contributed by atoms with Crippen molar-refractivity contribution >= 4 is 22.6 Å². The number of fused-ring (bicyclic) bond motifs is 1. The topological polar surface area (TPSA) is 92.1 Å². The predicted molar refractivity (Wildman–Crippen MR) is 122 cm³/mol. The summed E-state index contributed by atoms with van der Waals surface area (Å²) in [4.78, 5) is 17.7. The average molecular weight is 422 g/mol. The Morgan fingerprint density at radius 2 is 2.06 bits per heavy atom. The number of hydrogen-bond acceptors (Lipinski definition) is 5. The van der Waals surface area contributed by atoms with Crippen molar-refractivity contribution in [2.24, 2.45) is 0 Å². The number of benzene rings is 1. The normalized spacial score (nSPS) is 18.8. The first-order chi connectivity index (χ1) is 15.0. The summed E-state index contributed by atoms with van der Waals surface area (Å²) < 4.78 is 1.83. The SMILES string of the molecule is CCn1ncc2c(NC3CCCC(O)C3)c(C(=O)NCc3ccc(C)c(C)c3)cnc21. The summed E-state index contributed by atoms with van der Waals surface area (Å²) in [5.41, 5.74) is 5.52. The molecule has 7 heteroatoms. The van der Waals surface area contributed by atoms with Crippen LogP contribution in [0.4, 0.5) is 5.69 Å². The van der Waals surface area contributed by atoms with Gasteiger partial charge in [0.1, 0.15) is 0 Å². The number of carbonyl (C=O) groups is 1. The molecule has 2 unspecified atom stereocenters. The number of carbonyl (C=O) groups excluding carboxylic acids is 1. The molecule has 1 aliphatic rings. The van der Waals surface area contributed by atoms with E-state index in [0.29, 0.717) is 25.1 Å². The Morgan fingerprint density at radius 3 is 2.81 bits per heavy atom. The Balaban J connectivity index is 1.62. The van der Waals surface area contributed by atoms with E-state index in [4.69, 9.17) is 0 Å². The number of rotatable bonds is 6. The van der Waals surface area contributed by atoms with Gasteiger partial charge in [0, 0.05) is 25.3 Å². The Labute approximate surface area is 182 Å². The Hall–Kier alpha value is -2.93. The molecule has 31 heavy (non-hydrogen) atoms. The van der Waals surface area contributed by atoms with Crippen LogP contribution < -0.4 is 10.6 Å². The highest BCUT2D eigenvalue weighted by Crippen LogP contribution is 2.30. The minimum Gasteiger partial charge on any atom is -0.393 e. The van der Waals surface area contributed by atoms with Crippen molar-refractivity contribution in [3.05, 3.63) is 52.8 Å². The molecule has 7 nitrogen and oxygen atoms in total. The molecule has 2 heterocycles. The Morgan fingerprint density at radius 1 is 1.23 bits per heavy atom. The highest BCUT2D eigenvalue weighted by atomic mass is 16.3. The minimum atomic E-state index is -0.302. The number of aryl methyl sites for hydroxylation is 3. The Kier molecular flexibility index (Phi) is 6.23. The number of nitrogens with zero attached hydrogens (tertiary/aromatic N) is 3. The van der Waals surface area contributed by atoms with Crippen molar-refractivity contribution in [2.45, 2.75) is 71.7 Å². The molecule has 1 fully saturated rings. The fourth-order valence-corrected chi connectivity index (χ4v) is 4.28. The van der Waals surface area contributed by atoms with Crippen LogP contribution >= 0.6 is 0 Å². The monoisotopic (exact) mass is 421 g/mol. The molecular weight excluding hydrogens is 390 g/mol. The molecule has 3 N–H and O–H groups in total. The number of nitrogens with one attached hydrogen (secondary N) is 2. The molecule has 0 radical (unpaired) electrons. The van der Waals surface area contributed by atoms with Crippen molar-refractivity contribution in [1.29, 1.82) is 0 Å². The quantitative estimate of drug-likeness (QED) is 0.564. The molecular formula is C24H31N5O2. The number of aliphatic hydroxyl groups excluding tert-OH is 1. The standard InChI is InChI=1S/C24H31N5O2/c1-4-29-23-20(14-27-29)22(28-18-6-5-7-19(30)11-18)21(13-25-23)24(31)26-12-17-9-8-15(2)16(3)10-17/h8-10,13-14,18-19,30H,4-7,11-12H2,1-3H3,(H,25,28)(H,26,31). The van der Waals surface area contributed by atoms with Gasteiger partial charge in [-0.3, -0.25) is 4.79 Å². The molecule has 0 bridgehead atoms. The zero-order chi connectivity index (χ0) is 22.0. The van der Waals surface area contributed by atoms with Gasteiger partial charge in [-0.25, -0.2) is 9.67 Å². The van der Waals surface area contributed by atoms with Gasteiger partial charge in [-0.15, -0.1) is 0 Å². The van der Waals surface area contributed by atoms with Gasteiger partial charge in [-0.05, 0) is 63.1 Å². The summed E-state index contributed by atoms with van der Waals surface area (Å²) >= 11 is 0. The predicted octanol–water partition coefficient (Wildman–Crippen LogP) is 3.71. The van der Waals surface area contributed by atoms with Crippen LogP contribution in [0.25, 0.3) is 11.0 Å². The second kappa shape index (κ2) is 9.06. The first kappa shape index (κ1) is 21.3. The van der Waals surface area contributed by atoms with E-state index in [2.05, 4.69) is 46.7 Å². The van der Waals surface area contributed by atoms with Crippen LogP contribution in [0.5, 0.6) is 0 Å². The number of aliphatic hydroxyl groups is 1. The summed E-state index contributed by atoms with van der Waals surface area (Å²) in [6.07, 6.45) is 6.54. The third-order valence-electron chi connectivity index (χ3n) is 6.23. The van der Waals surface area contributed by atoms with E-state index >= 15 is 0 Å². The van der Waals surface area contributed by atoms with Crippen molar-refractivity contribution in [1.82, 2.24) is 20.1 Å². The first-order valence-corrected chi connectivity index (χ1v) is 11.1. The summed E-state index contributed by atoms with van der Waals surface area (Å²) in [7, 11) is 0. The molecule has 1 amide bonds. The third-order valence-corrected chi connectivity index (χ3v) is 6.23. The van der Waals surface area contributed by atoms with Gasteiger partial charge >= 0.3 is 0 Å². The molecule has 164 valence electrons. The van der Waals surface area contributed by atoms with Crippen LogP contribution in [0.2, 0.25) is 0 Å². The second-order valence-corrected chi connectivity index (χ2v) is 8.51. The second-order valence-electron chi connectivity index (χ2n) is 8.51. The van der Waals surface area contributed by atoms with E-state index in [1.54, 1.807) is 12.4 Å². The van der Waals surface area contributed by atoms with Gasteiger partial charge in [-0.2, -0.15) is 5.10 Å². The van der Waals surface area contributed by atoms with Crippen molar-refractivity contribution in [2.75, 3.05) is 5.32 Å². The van der Waals surface area contributed by atoms with E-state index < -0.39 is 0 Å². The fraction of sp³-hybridized carbons (Fsp3) is 0.458. The zero-order valence-electron chi connectivity index (χ0n) is 18.5. The number of hydrogen-bond donors (Lipinski definition) is 3. The highest BCUT2D eigenvalue weighted by Gasteiger charge is 2.24. The van der Waals surface area contributed by atoms with Crippen LogP contribution in [0.3, 0.4) is 0 Å². The van der Waals surface area contributed by atoms with E-state index in [9.17, 15) is 9.90 Å².